The number of carbonyl (C=O) groups excluding carboxylic acids is 2. The van der Waals surface area contributed by atoms with Crippen LogP contribution in [0.3, 0.4) is 0 Å². The molecular formula is C15H9Cl2NO4S. The number of nitrogens with zero attached hydrogens (tertiary/aromatic N) is 1. The monoisotopic (exact) mass is 369 g/mol. The molecule has 118 valence electrons. The highest BCUT2D eigenvalue weighted by Gasteiger charge is 2.33. The Hall–Kier alpha value is -1.76. The lowest BCUT2D eigenvalue weighted by atomic mass is 10.1. The van der Waals surface area contributed by atoms with Gasteiger partial charge >= 0.3 is 0 Å². The van der Waals surface area contributed by atoms with Gasteiger partial charge in [-0.25, -0.2) is 0 Å². The van der Waals surface area contributed by atoms with Crippen LogP contribution in [0.4, 0.5) is 4.79 Å². The number of amides is 2. The van der Waals surface area contributed by atoms with E-state index in [1.807, 2.05) is 0 Å². The number of carbonyl (C=O) groups is 2. The molecule has 0 radical (unpaired) electrons. The molecule has 1 fully saturated rings. The molecule has 1 aromatic heterocycles. The first kappa shape index (κ1) is 16.1. The fourth-order valence-corrected chi connectivity index (χ4v) is 3.63. The maximum Gasteiger partial charge on any atom is 0.293 e. The number of fused-ring (bicyclic) bond motifs is 1. The van der Waals surface area contributed by atoms with Crippen molar-refractivity contribution < 1.29 is 14.0 Å². The van der Waals surface area contributed by atoms with E-state index in [1.165, 1.54) is 24.5 Å². The van der Waals surface area contributed by atoms with Gasteiger partial charge in [0.05, 0.1) is 20.9 Å². The molecule has 23 heavy (non-hydrogen) atoms. The summed E-state index contributed by atoms with van der Waals surface area (Å²) >= 11 is 12.7. The van der Waals surface area contributed by atoms with Gasteiger partial charge in [0.2, 0.25) is 0 Å². The molecule has 2 amide bonds. The van der Waals surface area contributed by atoms with E-state index in [0.717, 1.165) is 16.7 Å². The van der Waals surface area contributed by atoms with Crippen LogP contribution >= 0.6 is 35.0 Å². The van der Waals surface area contributed by atoms with Gasteiger partial charge < -0.3 is 4.42 Å². The summed E-state index contributed by atoms with van der Waals surface area (Å²) in [4.78, 5) is 37.6. The summed E-state index contributed by atoms with van der Waals surface area (Å²) in [5, 5.41) is 0.381. The van der Waals surface area contributed by atoms with Crippen molar-refractivity contribution in [3.8, 4) is 0 Å². The zero-order valence-electron chi connectivity index (χ0n) is 11.8. The Morgan fingerprint density at radius 3 is 2.65 bits per heavy atom. The number of thioether (sulfide) groups is 1. The second kappa shape index (κ2) is 6.03. The van der Waals surface area contributed by atoms with Crippen molar-refractivity contribution in [2.45, 2.75) is 6.92 Å². The van der Waals surface area contributed by atoms with Crippen molar-refractivity contribution in [2.75, 3.05) is 6.54 Å². The highest BCUT2D eigenvalue weighted by Crippen LogP contribution is 2.32. The van der Waals surface area contributed by atoms with Crippen LogP contribution in [0.1, 0.15) is 12.5 Å². The highest BCUT2D eigenvalue weighted by atomic mass is 35.5. The molecule has 5 nitrogen and oxygen atoms in total. The zero-order valence-corrected chi connectivity index (χ0v) is 14.1. The van der Waals surface area contributed by atoms with Gasteiger partial charge in [0, 0.05) is 11.6 Å². The second-order valence-electron chi connectivity index (χ2n) is 4.71. The standard InChI is InChI=1S/C15H9Cl2NO4S/c1-2-18-14(20)11(23-15(18)21)3-7-6-22-13-9(12(7)19)4-8(16)5-10(13)17/h3-6H,2H2,1H3/b11-3-. The van der Waals surface area contributed by atoms with E-state index in [4.69, 9.17) is 27.6 Å². The molecule has 1 aliphatic heterocycles. The number of likely N-dealkylation sites (N-methyl/N-ethyl adjacent to an activating group) is 1. The van der Waals surface area contributed by atoms with Crippen LogP contribution in [0.25, 0.3) is 17.0 Å². The predicted molar refractivity (Wildman–Crippen MR) is 90.9 cm³/mol. The van der Waals surface area contributed by atoms with E-state index in [9.17, 15) is 14.4 Å². The first-order chi connectivity index (χ1) is 10.9. The quantitative estimate of drug-likeness (QED) is 0.743. The molecular weight excluding hydrogens is 361 g/mol. The molecule has 8 heteroatoms. The summed E-state index contributed by atoms with van der Waals surface area (Å²) in [6.45, 7) is 1.98. The fraction of sp³-hybridized carbons (Fsp3) is 0.133. The van der Waals surface area contributed by atoms with Gasteiger partial charge in [-0.15, -0.1) is 0 Å². The van der Waals surface area contributed by atoms with Crippen LogP contribution < -0.4 is 5.43 Å². The molecule has 2 heterocycles. The first-order valence-corrected chi connectivity index (χ1v) is 8.15. The van der Waals surface area contributed by atoms with Gasteiger partial charge in [-0.3, -0.25) is 19.3 Å². The Balaban J connectivity index is 2.14. The number of hydrogen-bond donors (Lipinski definition) is 0. The maximum atomic E-state index is 12.5. The third-order valence-corrected chi connectivity index (χ3v) is 4.70. The average Bonchev–Trinajstić information content (AvgIpc) is 2.76. The van der Waals surface area contributed by atoms with Crippen molar-refractivity contribution in [1.82, 2.24) is 4.90 Å². The van der Waals surface area contributed by atoms with Gasteiger partial charge in [-0.2, -0.15) is 0 Å². The summed E-state index contributed by atoms with van der Waals surface area (Å²) in [6, 6.07) is 2.92. The molecule has 1 aromatic carbocycles. The fourth-order valence-electron chi connectivity index (χ4n) is 2.19. The Morgan fingerprint density at radius 1 is 1.26 bits per heavy atom. The molecule has 0 aliphatic carbocycles. The van der Waals surface area contributed by atoms with Crippen molar-refractivity contribution >= 4 is 63.2 Å². The van der Waals surface area contributed by atoms with Crippen LogP contribution in [-0.4, -0.2) is 22.6 Å². The molecule has 0 bridgehead atoms. The minimum atomic E-state index is -0.425. The predicted octanol–water partition coefficient (Wildman–Crippen LogP) is 4.16. The maximum absolute atomic E-state index is 12.5. The lowest BCUT2D eigenvalue weighted by Gasteiger charge is -2.07. The third kappa shape index (κ3) is 2.78. The van der Waals surface area contributed by atoms with Crippen LogP contribution in [0, 0.1) is 0 Å². The second-order valence-corrected chi connectivity index (χ2v) is 6.55. The van der Waals surface area contributed by atoms with Gasteiger partial charge in [0.25, 0.3) is 11.1 Å². The lowest BCUT2D eigenvalue weighted by molar-refractivity contribution is -0.122. The SMILES string of the molecule is CCN1C(=O)S/C(=C\c2coc3c(Cl)cc(Cl)cc3c2=O)C1=O. The number of halogens is 2. The Kier molecular flexibility index (Phi) is 4.23. The number of rotatable bonds is 2. The van der Waals surface area contributed by atoms with Gasteiger partial charge in [-0.05, 0) is 36.9 Å². The summed E-state index contributed by atoms with van der Waals surface area (Å²) in [6.07, 6.45) is 2.56. The van der Waals surface area contributed by atoms with Crippen molar-refractivity contribution in [3.63, 3.8) is 0 Å². The largest absolute Gasteiger partial charge is 0.462 e. The summed E-state index contributed by atoms with van der Waals surface area (Å²) in [5.41, 5.74) is -0.00346. The van der Waals surface area contributed by atoms with Crippen LogP contribution in [0.15, 0.2) is 32.5 Å². The van der Waals surface area contributed by atoms with E-state index in [0.29, 0.717) is 5.02 Å². The minimum Gasteiger partial charge on any atom is -0.462 e. The Labute approximate surface area is 144 Å². The first-order valence-electron chi connectivity index (χ1n) is 6.58. The number of hydrogen-bond acceptors (Lipinski definition) is 5. The van der Waals surface area contributed by atoms with Crippen molar-refractivity contribution in [2.24, 2.45) is 0 Å². The zero-order chi connectivity index (χ0) is 16.7. The Morgan fingerprint density at radius 2 is 2.00 bits per heavy atom. The Bertz CT molecular complexity index is 935. The molecule has 0 unspecified atom stereocenters. The summed E-state index contributed by atoms with van der Waals surface area (Å²) < 4.78 is 5.38. The van der Waals surface area contributed by atoms with Crippen LogP contribution in [-0.2, 0) is 4.79 Å². The van der Waals surface area contributed by atoms with Gasteiger partial charge in [-0.1, -0.05) is 23.2 Å². The molecule has 0 N–H and O–H groups in total. The molecule has 3 rings (SSSR count). The molecule has 0 saturated carbocycles. The number of imide groups is 1. The third-order valence-electron chi connectivity index (χ3n) is 3.30. The molecule has 2 aromatic rings. The van der Waals surface area contributed by atoms with E-state index >= 15 is 0 Å². The number of benzene rings is 1. The van der Waals surface area contributed by atoms with E-state index < -0.39 is 5.91 Å². The van der Waals surface area contributed by atoms with Crippen molar-refractivity contribution in [3.05, 3.63) is 49.1 Å². The molecule has 1 aliphatic rings. The highest BCUT2D eigenvalue weighted by molar-refractivity contribution is 8.18. The van der Waals surface area contributed by atoms with Crippen LogP contribution in [0.2, 0.25) is 10.0 Å². The molecule has 0 spiro atoms. The molecule has 0 atom stereocenters. The van der Waals surface area contributed by atoms with E-state index in [-0.39, 0.29) is 43.7 Å². The van der Waals surface area contributed by atoms with Crippen molar-refractivity contribution in [1.29, 1.82) is 0 Å². The van der Waals surface area contributed by atoms with E-state index in [1.54, 1.807) is 6.92 Å². The minimum absolute atomic E-state index is 0.150. The topological polar surface area (TPSA) is 67.6 Å². The summed E-state index contributed by atoms with van der Waals surface area (Å²) in [7, 11) is 0. The van der Waals surface area contributed by atoms with Crippen LogP contribution in [0.5, 0.6) is 0 Å². The summed E-state index contributed by atoms with van der Waals surface area (Å²) in [5.74, 6) is -0.425. The van der Waals surface area contributed by atoms with Gasteiger partial charge in [0.15, 0.2) is 11.0 Å². The average molecular weight is 370 g/mol. The smallest absolute Gasteiger partial charge is 0.293 e. The normalized spacial score (nSPS) is 16.8. The van der Waals surface area contributed by atoms with E-state index in [2.05, 4.69) is 0 Å². The molecule has 1 saturated heterocycles. The van der Waals surface area contributed by atoms with Gasteiger partial charge in [0.1, 0.15) is 6.26 Å². The lowest BCUT2D eigenvalue weighted by Crippen LogP contribution is -2.27.